The predicted molar refractivity (Wildman–Crippen MR) is 112 cm³/mol. The lowest BCUT2D eigenvalue weighted by Gasteiger charge is -2.10. The molecule has 1 aliphatic heterocycles. The van der Waals surface area contributed by atoms with Crippen molar-refractivity contribution < 1.29 is 14.1 Å². The molecule has 0 radical (unpaired) electrons. The second kappa shape index (κ2) is 8.12. The maximum Gasteiger partial charge on any atom is 0.269 e. The Morgan fingerprint density at radius 1 is 1.03 bits per heavy atom. The third-order valence-electron chi connectivity index (χ3n) is 4.51. The van der Waals surface area contributed by atoms with Crippen molar-refractivity contribution in [2.24, 2.45) is 10.1 Å². The Hall–Kier alpha value is -4.07. The van der Waals surface area contributed by atoms with Crippen LogP contribution in [0, 0.1) is 15.9 Å². The highest BCUT2D eigenvalue weighted by molar-refractivity contribution is 6.18. The van der Waals surface area contributed by atoms with Gasteiger partial charge in [-0.05, 0) is 61.5 Å². The Morgan fingerprint density at radius 3 is 2.40 bits per heavy atom. The minimum Gasteiger partial charge on any atom is -0.494 e. The molecule has 0 amide bonds. The molecule has 0 aliphatic carbocycles. The normalized spacial score (nSPS) is 12.7. The molecule has 0 spiro atoms. The smallest absolute Gasteiger partial charge is 0.269 e. The van der Waals surface area contributed by atoms with Crippen LogP contribution in [0.25, 0.3) is 0 Å². The molecule has 0 aromatic heterocycles. The molecule has 1 N–H and O–H groups in total. The molecule has 4 rings (SSSR count). The molecule has 0 saturated carbocycles. The van der Waals surface area contributed by atoms with Crippen molar-refractivity contribution in [3.05, 3.63) is 99.4 Å². The first-order valence-electron chi connectivity index (χ1n) is 9.25. The van der Waals surface area contributed by atoms with Crippen LogP contribution in [-0.4, -0.2) is 23.1 Å². The van der Waals surface area contributed by atoms with Gasteiger partial charge in [0, 0.05) is 28.8 Å². The summed E-state index contributed by atoms with van der Waals surface area (Å²) in [6.07, 6.45) is 0. The second-order valence-corrected chi connectivity index (χ2v) is 6.46. The van der Waals surface area contributed by atoms with Gasteiger partial charge in [0.05, 0.1) is 17.2 Å². The van der Waals surface area contributed by atoms with Crippen molar-refractivity contribution in [3.8, 4) is 5.75 Å². The van der Waals surface area contributed by atoms with Crippen molar-refractivity contribution in [3.63, 3.8) is 0 Å². The third-order valence-corrected chi connectivity index (χ3v) is 4.51. The summed E-state index contributed by atoms with van der Waals surface area (Å²) in [7, 11) is 0. The first-order chi connectivity index (χ1) is 14.5. The van der Waals surface area contributed by atoms with Crippen LogP contribution in [0.2, 0.25) is 0 Å². The van der Waals surface area contributed by atoms with Crippen LogP contribution in [0.3, 0.4) is 0 Å². The Bertz CT molecular complexity index is 1160. The number of non-ortho nitro benzene ring substituents is 1. The molecule has 150 valence electrons. The summed E-state index contributed by atoms with van der Waals surface area (Å²) in [5.74, 6) is 0.772. The first-order valence-corrected chi connectivity index (χ1v) is 9.25. The molecule has 30 heavy (non-hydrogen) atoms. The lowest BCUT2D eigenvalue weighted by Crippen LogP contribution is -2.19. The summed E-state index contributed by atoms with van der Waals surface area (Å²) >= 11 is 0. The number of fused-ring (bicyclic) bond motifs is 1. The van der Waals surface area contributed by atoms with E-state index < -0.39 is 4.92 Å². The number of hydrogen-bond acceptors (Lipinski definition) is 6. The topological polar surface area (TPSA) is 89.1 Å². The maximum atomic E-state index is 13.3. The zero-order valence-corrected chi connectivity index (χ0v) is 16.0. The molecule has 0 atom stereocenters. The van der Waals surface area contributed by atoms with Gasteiger partial charge >= 0.3 is 0 Å². The van der Waals surface area contributed by atoms with E-state index in [1.165, 1.54) is 24.3 Å². The Labute approximate surface area is 171 Å². The van der Waals surface area contributed by atoms with Gasteiger partial charge in [-0.15, -0.1) is 0 Å². The lowest BCUT2D eigenvalue weighted by atomic mass is 10.00. The van der Waals surface area contributed by atoms with Gasteiger partial charge in [0.1, 0.15) is 17.3 Å². The van der Waals surface area contributed by atoms with E-state index in [-0.39, 0.29) is 11.5 Å². The van der Waals surface area contributed by atoms with Gasteiger partial charge in [-0.25, -0.2) is 9.38 Å². The quantitative estimate of drug-likeness (QED) is 0.498. The highest BCUT2D eigenvalue weighted by atomic mass is 19.1. The Balaban J connectivity index is 1.82. The molecular weight excluding hydrogens is 387 g/mol. The fourth-order valence-electron chi connectivity index (χ4n) is 3.07. The zero-order valence-electron chi connectivity index (χ0n) is 16.0. The summed E-state index contributed by atoms with van der Waals surface area (Å²) in [6.45, 7) is 2.40. The number of nitro groups is 1. The van der Waals surface area contributed by atoms with Crippen molar-refractivity contribution in [2.45, 2.75) is 6.92 Å². The molecule has 0 saturated heterocycles. The Kier molecular flexibility index (Phi) is 5.21. The van der Waals surface area contributed by atoms with Crippen molar-refractivity contribution in [1.82, 2.24) is 5.43 Å². The van der Waals surface area contributed by atoms with E-state index in [0.717, 1.165) is 0 Å². The monoisotopic (exact) mass is 404 g/mol. The van der Waals surface area contributed by atoms with Gasteiger partial charge in [0.2, 0.25) is 0 Å². The van der Waals surface area contributed by atoms with E-state index in [0.29, 0.717) is 46.3 Å². The average molecular weight is 404 g/mol. The summed E-state index contributed by atoms with van der Waals surface area (Å²) in [5, 5.41) is 15.5. The number of nitrogens with zero attached hydrogens (tertiary/aromatic N) is 3. The number of benzene rings is 3. The van der Waals surface area contributed by atoms with Gasteiger partial charge in [-0.1, -0.05) is 0 Å². The molecule has 1 heterocycles. The number of halogens is 1. The molecular formula is C22H17FN4O3. The number of hydrazone groups is 1. The van der Waals surface area contributed by atoms with E-state index in [9.17, 15) is 14.5 Å². The molecule has 3 aromatic rings. The SMILES string of the molecule is CCOc1ccc2c(c1)C(c1ccc([N+](=O)[O-])cc1)=NNC(c1ccc(F)cc1)=N2. The Morgan fingerprint density at radius 2 is 1.73 bits per heavy atom. The number of nitro benzene ring substituents is 1. The van der Waals surface area contributed by atoms with Crippen LogP contribution < -0.4 is 10.2 Å². The number of nitrogens with one attached hydrogen (secondary N) is 1. The summed E-state index contributed by atoms with van der Waals surface area (Å²) in [4.78, 5) is 15.2. The number of ether oxygens (including phenoxy) is 1. The number of hydrogen-bond donors (Lipinski definition) is 1. The summed E-state index contributed by atoms with van der Waals surface area (Å²) in [6, 6.07) is 17.5. The van der Waals surface area contributed by atoms with Crippen molar-refractivity contribution >= 4 is 22.9 Å². The number of amidine groups is 1. The van der Waals surface area contributed by atoms with Crippen LogP contribution in [0.15, 0.2) is 76.8 Å². The first kappa shape index (κ1) is 19.3. The minimum atomic E-state index is -0.451. The third kappa shape index (κ3) is 3.88. The summed E-state index contributed by atoms with van der Waals surface area (Å²) in [5.41, 5.74) is 6.19. The molecule has 7 nitrogen and oxygen atoms in total. The largest absolute Gasteiger partial charge is 0.494 e. The molecule has 0 unspecified atom stereocenters. The predicted octanol–water partition coefficient (Wildman–Crippen LogP) is 4.57. The fourth-order valence-corrected chi connectivity index (χ4v) is 3.07. The van der Waals surface area contributed by atoms with E-state index in [2.05, 4.69) is 15.5 Å². The maximum absolute atomic E-state index is 13.3. The van der Waals surface area contributed by atoms with Crippen molar-refractivity contribution in [2.75, 3.05) is 6.61 Å². The zero-order chi connectivity index (χ0) is 21.1. The van der Waals surface area contributed by atoms with Gasteiger partial charge < -0.3 is 4.74 Å². The molecule has 8 heteroatoms. The van der Waals surface area contributed by atoms with Gasteiger partial charge in [-0.3, -0.25) is 15.5 Å². The average Bonchev–Trinajstić information content (AvgIpc) is 2.94. The van der Waals surface area contributed by atoms with Crippen LogP contribution in [0.5, 0.6) is 5.75 Å². The molecule has 3 aromatic carbocycles. The second-order valence-electron chi connectivity index (χ2n) is 6.46. The van der Waals surface area contributed by atoms with E-state index in [1.54, 1.807) is 24.3 Å². The molecule has 0 fully saturated rings. The lowest BCUT2D eigenvalue weighted by molar-refractivity contribution is -0.384. The van der Waals surface area contributed by atoms with Crippen LogP contribution >= 0.6 is 0 Å². The molecule has 0 bridgehead atoms. The van der Waals surface area contributed by atoms with E-state index in [1.807, 2.05) is 25.1 Å². The standard InChI is InChI=1S/C22H17FN4O3/c1-2-30-18-11-12-20-19(13-18)21(14-5-9-17(10-6-14)27(28)29)25-26-22(24-20)15-3-7-16(23)8-4-15/h3-13H,2H2,1H3,(H,24,26). The highest BCUT2D eigenvalue weighted by Crippen LogP contribution is 2.30. The van der Waals surface area contributed by atoms with Crippen LogP contribution in [-0.2, 0) is 0 Å². The summed E-state index contributed by atoms with van der Waals surface area (Å²) < 4.78 is 18.9. The number of rotatable bonds is 5. The highest BCUT2D eigenvalue weighted by Gasteiger charge is 2.19. The van der Waals surface area contributed by atoms with Crippen LogP contribution in [0.4, 0.5) is 15.8 Å². The van der Waals surface area contributed by atoms with Crippen LogP contribution in [0.1, 0.15) is 23.6 Å². The van der Waals surface area contributed by atoms with Gasteiger partial charge in [-0.2, -0.15) is 5.10 Å². The number of aliphatic imine (C=N–C) groups is 1. The van der Waals surface area contributed by atoms with E-state index in [4.69, 9.17) is 4.74 Å². The van der Waals surface area contributed by atoms with Gasteiger partial charge in [0.15, 0.2) is 5.84 Å². The minimum absolute atomic E-state index is 0.00697. The fraction of sp³-hybridized carbons (Fsp3) is 0.0909. The van der Waals surface area contributed by atoms with Gasteiger partial charge in [0.25, 0.3) is 5.69 Å². The molecule has 1 aliphatic rings. The van der Waals surface area contributed by atoms with Crippen molar-refractivity contribution in [1.29, 1.82) is 0 Å². The van der Waals surface area contributed by atoms with E-state index >= 15 is 0 Å².